The van der Waals surface area contributed by atoms with E-state index < -0.39 is 0 Å². The van der Waals surface area contributed by atoms with Gasteiger partial charge in [-0.2, -0.15) is 0 Å². The Morgan fingerprint density at radius 2 is 1.93 bits per heavy atom. The van der Waals surface area contributed by atoms with Gasteiger partial charge in [-0.25, -0.2) is 4.98 Å². The first-order chi connectivity index (χ1) is 14.0. The number of rotatable bonds is 9. The highest BCUT2D eigenvalue weighted by atomic mass is 32.1. The number of hydrogen-bond donors (Lipinski definition) is 2. The van der Waals surface area contributed by atoms with E-state index in [-0.39, 0.29) is 11.9 Å². The van der Waals surface area contributed by atoms with Gasteiger partial charge in [0.1, 0.15) is 5.84 Å². The molecule has 0 saturated heterocycles. The van der Waals surface area contributed by atoms with E-state index in [1.165, 1.54) is 0 Å². The van der Waals surface area contributed by atoms with Crippen LogP contribution < -0.4 is 20.1 Å². The molecule has 3 N–H and O–H groups in total. The zero-order chi connectivity index (χ0) is 20.8. The highest BCUT2D eigenvalue weighted by Gasteiger charge is 2.15. The van der Waals surface area contributed by atoms with Gasteiger partial charge in [0.2, 0.25) is 0 Å². The van der Waals surface area contributed by atoms with Crippen molar-refractivity contribution in [1.82, 2.24) is 4.98 Å². The molecule has 0 atom stereocenters. The van der Waals surface area contributed by atoms with Gasteiger partial charge in [0, 0.05) is 22.8 Å². The van der Waals surface area contributed by atoms with Crippen molar-refractivity contribution in [2.75, 3.05) is 11.5 Å². The molecule has 0 aliphatic carbocycles. The lowest BCUT2D eigenvalue weighted by Gasteiger charge is -2.23. The molecule has 0 amide bonds. The summed E-state index contributed by atoms with van der Waals surface area (Å²) >= 11 is 1.57. The van der Waals surface area contributed by atoms with Crippen LogP contribution in [0.1, 0.15) is 31.9 Å². The SMILES string of the molecule is CCOc1cc(CN(c2ccc(C(=N)N)cc2)c2nccs2)ccc1OC(C)C. The van der Waals surface area contributed by atoms with E-state index in [1.54, 1.807) is 17.5 Å². The van der Waals surface area contributed by atoms with Gasteiger partial charge in [-0.1, -0.05) is 6.07 Å². The van der Waals surface area contributed by atoms with E-state index in [9.17, 15) is 0 Å². The van der Waals surface area contributed by atoms with Gasteiger partial charge in [0.05, 0.1) is 19.3 Å². The number of aromatic nitrogens is 1. The van der Waals surface area contributed by atoms with E-state index in [4.69, 9.17) is 20.6 Å². The zero-order valence-corrected chi connectivity index (χ0v) is 17.7. The van der Waals surface area contributed by atoms with Gasteiger partial charge >= 0.3 is 0 Å². The molecule has 0 radical (unpaired) electrons. The highest BCUT2D eigenvalue weighted by molar-refractivity contribution is 7.13. The molecular formula is C22H26N4O2S. The lowest BCUT2D eigenvalue weighted by atomic mass is 10.1. The van der Waals surface area contributed by atoms with Crippen molar-refractivity contribution in [2.45, 2.75) is 33.4 Å². The minimum absolute atomic E-state index is 0.0550. The van der Waals surface area contributed by atoms with Crippen LogP contribution in [-0.2, 0) is 6.54 Å². The molecule has 0 bridgehead atoms. The Morgan fingerprint density at radius 1 is 1.17 bits per heavy atom. The second-order valence-electron chi connectivity index (χ2n) is 6.74. The van der Waals surface area contributed by atoms with Crippen LogP contribution >= 0.6 is 11.3 Å². The van der Waals surface area contributed by atoms with Gasteiger partial charge < -0.3 is 20.1 Å². The Bertz CT molecular complexity index is 940. The average molecular weight is 411 g/mol. The topological polar surface area (TPSA) is 84.5 Å². The molecule has 1 aromatic heterocycles. The lowest BCUT2D eigenvalue weighted by molar-refractivity contribution is 0.223. The molecule has 0 aliphatic rings. The summed E-state index contributed by atoms with van der Waals surface area (Å²) in [5, 5.41) is 10.4. The number of benzene rings is 2. The zero-order valence-electron chi connectivity index (χ0n) is 16.9. The van der Waals surface area contributed by atoms with Crippen molar-refractivity contribution in [3.63, 3.8) is 0 Å². The van der Waals surface area contributed by atoms with Crippen LogP contribution in [0.2, 0.25) is 0 Å². The molecule has 6 nitrogen and oxygen atoms in total. The number of nitrogen functional groups attached to an aromatic ring is 1. The van der Waals surface area contributed by atoms with Crippen molar-refractivity contribution >= 4 is 28.0 Å². The van der Waals surface area contributed by atoms with Gasteiger partial charge in [-0.15, -0.1) is 11.3 Å². The molecule has 3 aromatic rings. The summed E-state index contributed by atoms with van der Waals surface area (Å²) in [5.41, 5.74) is 8.34. The van der Waals surface area contributed by atoms with Crippen LogP contribution in [-0.4, -0.2) is 23.5 Å². The molecule has 0 unspecified atom stereocenters. The first-order valence-electron chi connectivity index (χ1n) is 9.51. The van der Waals surface area contributed by atoms with Crippen LogP contribution in [0.15, 0.2) is 54.0 Å². The van der Waals surface area contributed by atoms with E-state index in [2.05, 4.69) is 9.88 Å². The van der Waals surface area contributed by atoms with E-state index in [0.29, 0.717) is 18.7 Å². The number of anilines is 2. The second-order valence-corrected chi connectivity index (χ2v) is 7.62. The molecule has 3 rings (SSSR count). The molecule has 152 valence electrons. The minimum atomic E-state index is 0.0550. The highest BCUT2D eigenvalue weighted by Crippen LogP contribution is 2.33. The third-order valence-corrected chi connectivity index (χ3v) is 4.95. The summed E-state index contributed by atoms with van der Waals surface area (Å²) < 4.78 is 11.7. The monoisotopic (exact) mass is 410 g/mol. The summed E-state index contributed by atoms with van der Waals surface area (Å²) in [6, 6.07) is 13.6. The fourth-order valence-electron chi connectivity index (χ4n) is 2.89. The Morgan fingerprint density at radius 3 is 2.52 bits per heavy atom. The van der Waals surface area contributed by atoms with E-state index in [1.807, 2.05) is 68.6 Å². The molecule has 0 spiro atoms. The number of nitrogens with two attached hydrogens (primary N) is 1. The average Bonchev–Trinajstić information content (AvgIpc) is 3.22. The van der Waals surface area contributed by atoms with Crippen LogP contribution in [0.5, 0.6) is 11.5 Å². The summed E-state index contributed by atoms with van der Waals surface area (Å²) in [4.78, 5) is 6.61. The predicted molar refractivity (Wildman–Crippen MR) is 119 cm³/mol. The quantitative estimate of drug-likeness (QED) is 0.385. The third-order valence-electron chi connectivity index (χ3n) is 4.15. The third kappa shape index (κ3) is 5.26. The fraction of sp³-hybridized carbons (Fsp3) is 0.273. The maximum atomic E-state index is 7.59. The maximum Gasteiger partial charge on any atom is 0.190 e. The molecule has 1 heterocycles. The summed E-state index contributed by atoms with van der Waals surface area (Å²) in [5.74, 6) is 1.54. The van der Waals surface area contributed by atoms with Crippen LogP contribution in [0, 0.1) is 5.41 Å². The number of hydrogen-bond acceptors (Lipinski definition) is 6. The Hall–Kier alpha value is -3.06. The van der Waals surface area contributed by atoms with Crippen LogP contribution in [0.4, 0.5) is 10.8 Å². The van der Waals surface area contributed by atoms with E-state index >= 15 is 0 Å². The number of nitrogens with zero attached hydrogens (tertiary/aromatic N) is 2. The standard InChI is InChI=1S/C22H26N4O2S/c1-4-27-20-13-16(5-10-19(20)28-15(2)3)14-26(22-25-11-12-29-22)18-8-6-17(7-9-18)21(23)24/h5-13,15H,4,14H2,1-3H3,(H3,23,24). The normalized spacial score (nSPS) is 10.8. The van der Waals surface area contributed by atoms with E-state index in [0.717, 1.165) is 27.9 Å². The Labute approximate surface area is 175 Å². The van der Waals surface area contributed by atoms with Crippen LogP contribution in [0.25, 0.3) is 0 Å². The molecule has 0 aliphatic heterocycles. The fourth-order valence-corrected chi connectivity index (χ4v) is 3.55. The second kappa shape index (κ2) is 9.43. The molecule has 0 saturated carbocycles. The molecule has 0 fully saturated rings. The van der Waals surface area contributed by atoms with Crippen molar-refractivity contribution in [3.05, 3.63) is 65.2 Å². The van der Waals surface area contributed by atoms with Crippen molar-refractivity contribution in [1.29, 1.82) is 5.41 Å². The molecular weight excluding hydrogens is 384 g/mol. The van der Waals surface area contributed by atoms with Gasteiger partial charge in [0.15, 0.2) is 16.6 Å². The van der Waals surface area contributed by atoms with Crippen LogP contribution in [0.3, 0.4) is 0 Å². The lowest BCUT2D eigenvalue weighted by Crippen LogP contribution is -2.17. The van der Waals surface area contributed by atoms with Crippen molar-refractivity contribution < 1.29 is 9.47 Å². The largest absolute Gasteiger partial charge is 0.490 e. The molecule has 2 aromatic carbocycles. The Balaban J connectivity index is 1.92. The van der Waals surface area contributed by atoms with Gasteiger partial charge in [-0.3, -0.25) is 5.41 Å². The first kappa shape index (κ1) is 20.7. The van der Waals surface area contributed by atoms with Gasteiger partial charge in [-0.05, 0) is 62.7 Å². The smallest absolute Gasteiger partial charge is 0.190 e. The predicted octanol–water partition coefficient (Wildman–Crippen LogP) is 4.95. The van der Waals surface area contributed by atoms with Gasteiger partial charge in [0.25, 0.3) is 0 Å². The number of ether oxygens (including phenoxy) is 2. The number of amidine groups is 1. The summed E-state index contributed by atoms with van der Waals surface area (Å²) in [6.07, 6.45) is 1.87. The Kier molecular flexibility index (Phi) is 6.72. The maximum absolute atomic E-state index is 7.59. The number of thiazole rings is 1. The molecule has 29 heavy (non-hydrogen) atoms. The summed E-state index contributed by atoms with van der Waals surface area (Å²) in [7, 11) is 0. The minimum Gasteiger partial charge on any atom is -0.490 e. The first-order valence-corrected chi connectivity index (χ1v) is 10.4. The van der Waals surface area contributed by atoms with Crippen molar-refractivity contribution in [2.24, 2.45) is 5.73 Å². The summed E-state index contributed by atoms with van der Waals surface area (Å²) in [6.45, 7) is 7.15. The molecule has 7 heteroatoms. The number of nitrogens with one attached hydrogen (secondary N) is 1. The van der Waals surface area contributed by atoms with Crippen molar-refractivity contribution in [3.8, 4) is 11.5 Å².